The van der Waals surface area contributed by atoms with Crippen molar-refractivity contribution in [1.29, 1.82) is 0 Å². The van der Waals surface area contributed by atoms with E-state index in [1.165, 1.54) is 17.7 Å². The quantitative estimate of drug-likeness (QED) is 0.261. The van der Waals surface area contributed by atoms with Crippen LogP contribution in [0, 0.1) is 50.2 Å². The number of fused-ring (bicyclic) bond motifs is 7. The molecule has 0 spiro atoms. The summed E-state index contributed by atoms with van der Waals surface area (Å²) in [6, 6.07) is 6.12. The SMILES string of the molecule is CC1(C)CCC2(C(=O)[O-])CCC3(C)C(=CCC4C5(C)CCC(OC(=O)c6ccccc6C(=O)[O-])C(C)(C)C5CCC43C)C2C1.[Na+].[Na+]. The monoisotopic (exact) mass is 648 g/mol. The number of hydrogen-bond acceptors (Lipinski definition) is 6. The van der Waals surface area contributed by atoms with Crippen LogP contribution in [-0.4, -0.2) is 24.0 Å². The Morgan fingerprint density at radius 1 is 0.783 bits per heavy atom. The van der Waals surface area contributed by atoms with E-state index in [1.54, 1.807) is 12.1 Å². The second kappa shape index (κ2) is 12.6. The molecule has 0 bridgehead atoms. The van der Waals surface area contributed by atoms with Crippen LogP contribution in [0.15, 0.2) is 35.9 Å². The topological polar surface area (TPSA) is 107 Å². The van der Waals surface area contributed by atoms with Crippen LogP contribution in [0.5, 0.6) is 0 Å². The van der Waals surface area contributed by atoms with Gasteiger partial charge >= 0.3 is 65.1 Å². The van der Waals surface area contributed by atoms with Gasteiger partial charge in [0.25, 0.3) is 0 Å². The molecule has 8 atom stereocenters. The van der Waals surface area contributed by atoms with Gasteiger partial charge in [0.2, 0.25) is 0 Å². The molecule has 1 aromatic carbocycles. The van der Waals surface area contributed by atoms with Crippen LogP contribution in [0.1, 0.15) is 133 Å². The molecular weight excluding hydrogens is 598 g/mol. The number of aromatic carboxylic acids is 1. The van der Waals surface area contributed by atoms with Gasteiger partial charge in [-0.05, 0) is 110 Å². The zero-order chi connectivity index (χ0) is 32.1. The van der Waals surface area contributed by atoms with Gasteiger partial charge in [-0.2, -0.15) is 0 Å². The van der Waals surface area contributed by atoms with Crippen LogP contribution in [0.25, 0.3) is 0 Å². The third-order valence-corrected chi connectivity index (χ3v) is 14.6. The van der Waals surface area contributed by atoms with Gasteiger partial charge < -0.3 is 24.5 Å². The van der Waals surface area contributed by atoms with Crippen molar-refractivity contribution in [2.45, 2.75) is 119 Å². The number of carbonyl (C=O) groups is 3. The largest absolute Gasteiger partial charge is 1.00 e. The number of carbonyl (C=O) groups excluding carboxylic acids is 3. The minimum absolute atomic E-state index is 0. The predicted octanol–water partition coefficient (Wildman–Crippen LogP) is 0.135. The molecule has 0 amide bonds. The van der Waals surface area contributed by atoms with E-state index in [0.29, 0.717) is 24.7 Å². The summed E-state index contributed by atoms with van der Waals surface area (Å²) in [4.78, 5) is 37.8. The Hall–Kier alpha value is -0.630. The van der Waals surface area contributed by atoms with Gasteiger partial charge in [0, 0.05) is 22.4 Å². The number of carboxylic acid groups (broad SMARTS) is 2. The molecule has 8 heteroatoms. The number of allylic oxidation sites excluding steroid dienone is 2. The number of hydrogen-bond donors (Lipinski definition) is 0. The standard InChI is InChI=1S/C38H52O6.2Na/c1-33(2)18-20-38(32(42)43)21-19-36(6)25(26(38)22-33)12-13-28-35(5)16-15-29(34(3,4)27(35)14-17-37(28,36)7)44-31(41)24-11-9-8-10-23(24)30(39)40;;/h8-12,26-29H,13-22H2,1-7H3,(H,39,40)(H,42,43);;/q;2*+1/p-2. The van der Waals surface area contributed by atoms with Crippen molar-refractivity contribution >= 4 is 17.9 Å². The summed E-state index contributed by atoms with van der Waals surface area (Å²) in [5, 5.41) is 24.5. The minimum Gasteiger partial charge on any atom is -0.550 e. The van der Waals surface area contributed by atoms with Crippen molar-refractivity contribution in [2.24, 2.45) is 50.2 Å². The van der Waals surface area contributed by atoms with Crippen LogP contribution >= 0.6 is 0 Å². The Balaban J connectivity index is 0.00000240. The van der Waals surface area contributed by atoms with E-state index in [0.717, 1.165) is 51.4 Å². The number of aliphatic carboxylic acids is 1. The molecule has 240 valence electrons. The zero-order valence-corrected chi connectivity index (χ0v) is 33.7. The van der Waals surface area contributed by atoms with Gasteiger partial charge in [-0.25, -0.2) is 4.79 Å². The summed E-state index contributed by atoms with van der Waals surface area (Å²) in [6.07, 6.45) is 11.0. The van der Waals surface area contributed by atoms with Gasteiger partial charge in [-0.1, -0.05) is 78.3 Å². The average molecular weight is 649 g/mol. The van der Waals surface area contributed by atoms with E-state index in [4.69, 9.17) is 4.74 Å². The molecule has 46 heavy (non-hydrogen) atoms. The normalized spacial score (nSPS) is 40.1. The van der Waals surface area contributed by atoms with Crippen LogP contribution in [0.3, 0.4) is 0 Å². The Labute approximate surface area is 319 Å². The summed E-state index contributed by atoms with van der Waals surface area (Å²) in [5.41, 5.74) is 0.376. The molecule has 5 aliphatic rings. The number of carboxylic acids is 2. The summed E-state index contributed by atoms with van der Waals surface area (Å²) < 4.78 is 6.15. The number of benzene rings is 1. The third-order valence-electron chi connectivity index (χ3n) is 14.6. The van der Waals surface area contributed by atoms with Gasteiger partial charge in [-0.3, -0.25) is 0 Å². The fraction of sp³-hybridized carbons (Fsp3) is 0.711. The maximum absolute atomic E-state index is 13.3. The molecule has 0 N–H and O–H groups in total. The second-order valence-electron chi connectivity index (χ2n) is 17.2. The van der Waals surface area contributed by atoms with E-state index in [9.17, 15) is 24.6 Å². The van der Waals surface area contributed by atoms with E-state index in [-0.39, 0.29) is 109 Å². The van der Waals surface area contributed by atoms with Crippen molar-refractivity contribution in [2.75, 3.05) is 0 Å². The summed E-state index contributed by atoms with van der Waals surface area (Å²) in [6.45, 7) is 16.5. The van der Waals surface area contributed by atoms with Gasteiger partial charge in [0.05, 0.1) is 11.5 Å². The first-order chi connectivity index (χ1) is 20.4. The van der Waals surface area contributed by atoms with Crippen molar-refractivity contribution in [3.63, 3.8) is 0 Å². The Morgan fingerprint density at radius 3 is 2.04 bits per heavy atom. The van der Waals surface area contributed by atoms with E-state index >= 15 is 0 Å². The molecular formula is C38H50Na2O6. The molecule has 6 nitrogen and oxygen atoms in total. The minimum atomic E-state index is -1.38. The van der Waals surface area contributed by atoms with Gasteiger partial charge in [0.15, 0.2) is 0 Å². The molecule has 8 unspecified atom stereocenters. The van der Waals surface area contributed by atoms with Gasteiger partial charge in [0.1, 0.15) is 6.10 Å². The maximum atomic E-state index is 13.3. The Morgan fingerprint density at radius 2 is 1.41 bits per heavy atom. The van der Waals surface area contributed by atoms with E-state index in [2.05, 4.69) is 54.5 Å². The van der Waals surface area contributed by atoms with E-state index in [1.807, 2.05) is 0 Å². The molecule has 5 aliphatic carbocycles. The maximum Gasteiger partial charge on any atom is 1.00 e. The Kier molecular flexibility index (Phi) is 10.5. The smallest absolute Gasteiger partial charge is 0.550 e. The van der Waals surface area contributed by atoms with Crippen molar-refractivity contribution in [1.82, 2.24) is 0 Å². The molecule has 6 rings (SSSR count). The van der Waals surface area contributed by atoms with Crippen molar-refractivity contribution < 1.29 is 88.4 Å². The summed E-state index contributed by atoms with van der Waals surface area (Å²) >= 11 is 0. The average Bonchev–Trinajstić information content (AvgIpc) is 2.94. The number of esters is 1. The summed E-state index contributed by atoms with van der Waals surface area (Å²) in [5.74, 6) is -2.03. The van der Waals surface area contributed by atoms with Crippen molar-refractivity contribution in [3.8, 4) is 0 Å². The third kappa shape index (κ3) is 5.46. The second-order valence-corrected chi connectivity index (χ2v) is 17.2. The molecule has 1 aromatic rings. The fourth-order valence-electron chi connectivity index (χ4n) is 11.8. The molecule has 0 saturated heterocycles. The van der Waals surface area contributed by atoms with Crippen LogP contribution < -0.4 is 69.3 Å². The zero-order valence-electron chi connectivity index (χ0n) is 29.7. The molecule has 0 heterocycles. The predicted molar refractivity (Wildman–Crippen MR) is 164 cm³/mol. The first-order valence-electron chi connectivity index (χ1n) is 16.9. The first kappa shape index (κ1) is 38.2. The molecule has 4 saturated carbocycles. The Bertz CT molecular complexity index is 1430. The summed E-state index contributed by atoms with van der Waals surface area (Å²) in [7, 11) is 0. The molecule has 0 aromatic heterocycles. The fourth-order valence-corrected chi connectivity index (χ4v) is 11.8. The molecule has 4 fully saturated rings. The van der Waals surface area contributed by atoms with Gasteiger partial charge in [-0.15, -0.1) is 0 Å². The first-order valence-corrected chi connectivity index (χ1v) is 16.9. The van der Waals surface area contributed by atoms with E-state index < -0.39 is 23.3 Å². The van der Waals surface area contributed by atoms with Crippen LogP contribution in [0.4, 0.5) is 0 Å². The number of rotatable bonds is 4. The van der Waals surface area contributed by atoms with Crippen molar-refractivity contribution in [3.05, 3.63) is 47.0 Å². The van der Waals surface area contributed by atoms with Crippen LogP contribution in [0.2, 0.25) is 0 Å². The molecule has 0 aliphatic heterocycles. The molecule has 0 radical (unpaired) electrons. The van der Waals surface area contributed by atoms with Crippen LogP contribution in [-0.2, 0) is 9.53 Å². The number of ether oxygens (including phenoxy) is 1.